The fraction of sp³-hybridized carbons (Fsp3) is 0.419. The van der Waals surface area contributed by atoms with Gasteiger partial charge in [-0.25, -0.2) is 19.3 Å². The molecule has 1 aliphatic carbocycles. The predicted octanol–water partition coefficient (Wildman–Crippen LogP) is 4.21. The molecular weight excluding hydrogens is 537 g/mol. The highest BCUT2D eigenvalue weighted by atomic mass is 19.1. The van der Waals surface area contributed by atoms with Crippen LogP contribution in [0.25, 0.3) is 33.6 Å². The van der Waals surface area contributed by atoms with Gasteiger partial charge in [0, 0.05) is 44.9 Å². The number of pyridine rings is 1. The first kappa shape index (κ1) is 26.6. The van der Waals surface area contributed by atoms with Gasteiger partial charge in [0.25, 0.3) is 5.91 Å². The van der Waals surface area contributed by atoms with Crippen LogP contribution < -0.4 is 10.5 Å². The number of ether oxygens (including phenoxy) is 1. The van der Waals surface area contributed by atoms with Gasteiger partial charge in [0.2, 0.25) is 0 Å². The van der Waals surface area contributed by atoms with Crippen molar-refractivity contribution in [2.24, 2.45) is 18.7 Å². The molecule has 11 heteroatoms. The molecule has 0 bridgehead atoms. The lowest BCUT2D eigenvalue weighted by Crippen LogP contribution is -2.45. The Labute approximate surface area is 242 Å². The second-order valence-corrected chi connectivity index (χ2v) is 11.5. The molecule has 0 spiro atoms. The Morgan fingerprint density at radius 2 is 2.10 bits per heavy atom. The first-order valence-electron chi connectivity index (χ1n) is 14.5. The average molecular weight is 572 g/mol. The van der Waals surface area contributed by atoms with E-state index in [0.717, 1.165) is 57.5 Å². The van der Waals surface area contributed by atoms with Gasteiger partial charge in [-0.05, 0) is 43.9 Å². The molecule has 0 unspecified atom stereocenters. The Morgan fingerprint density at radius 3 is 2.86 bits per heavy atom. The number of rotatable bonds is 10. The fourth-order valence-corrected chi connectivity index (χ4v) is 5.93. The zero-order valence-electron chi connectivity index (χ0n) is 23.8. The van der Waals surface area contributed by atoms with Crippen molar-refractivity contribution in [3.8, 4) is 17.3 Å². The van der Waals surface area contributed by atoms with Crippen molar-refractivity contribution < 1.29 is 18.3 Å². The van der Waals surface area contributed by atoms with Gasteiger partial charge in [-0.1, -0.05) is 12.1 Å². The SMILES string of the molecule is Cc1ncoc1CCOc1cccc2cc(-c3nc4cc5c(nc4n3C)CCN(C[C@H](N)CF)C5=O)n(CC3CC3)c12. The topological polar surface area (TPSA) is 117 Å². The summed E-state index contributed by atoms with van der Waals surface area (Å²) in [6.07, 6.45) is 5.10. The molecule has 218 valence electrons. The van der Waals surface area contributed by atoms with E-state index in [4.69, 9.17) is 24.9 Å². The lowest BCUT2D eigenvalue weighted by Gasteiger charge is -2.29. The van der Waals surface area contributed by atoms with Crippen molar-refractivity contribution >= 4 is 28.0 Å². The van der Waals surface area contributed by atoms with Crippen LogP contribution in [0.4, 0.5) is 4.39 Å². The highest BCUT2D eigenvalue weighted by molar-refractivity contribution is 5.99. The smallest absolute Gasteiger partial charge is 0.255 e. The van der Waals surface area contributed by atoms with Gasteiger partial charge in [0.05, 0.1) is 40.8 Å². The monoisotopic (exact) mass is 571 g/mol. The van der Waals surface area contributed by atoms with Crippen LogP contribution in [0.5, 0.6) is 5.75 Å². The number of imidazole rings is 1. The third-order valence-corrected chi connectivity index (χ3v) is 8.39. The molecule has 0 saturated heterocycles. The number of amides is 1. The summed E-state index contributed by atoms with van der Waals surface area (Å²) in [5.41, 5.74) is 11.3. The Hall–Kier alpha value is -4.25. The quantitative estimate of drug-likeness (QED) is 0.267. The molecule has 2 N–H and O–H groups in total. The molecule has 5 heterocycles. The molecule has 1 amide bonds. The summed E-state index contributed by atoms with van der Waals surface area (Å²) in [4.78, 5) is 28.9. The Kier molecular flexibility index (Phi) is 6.69. The second kappa shape index (κ2) is 10.5. The predicted molar refractivity (Wildman–Crippen MR) is 156 cm³/mol. The van der Waals surface area contributed by atoms with E-state index in [9.17, 15) is 9.18 Å². The third-order valence-electron chi connectivity index (χ3n) is 8.39. The molecule has 7 rings (SSSR count). The van der Waals surface area contributed by atoms with E-state index in [-0.39, 0.29) is 12.5 Å². The fourth-order valence-electron chi connectivity index (χ4n) is 5.93. The summed E-state index contributed by atoms with van der Waals surface area (Å²) in [7, 11) is 1.97. The summed E-state index contributed by atoms with van der Waals surface area (Å²) in [6.45, 7) is 3.27. The van der Waals surface area contributed by atoms with Crippen LogP contribution >= 0.6 is 0 Å². The van der Waals surface area contributed by atoms with E-state index in [1.54, 1.807) is 4.90 Å². The molecule has 10 nitrogen and oxygen atoms in total. The van der Waals surface area contributed by atoms with E-state index in [2.05, 4.69) is 21.7 Å². The number of oxazole rings is 1. The standard InChI is InChI=1S/C31H34FN7O3/c1-18-26(42-17-34-18)9-11-41-27-5-3-4-20-12-25(39(28(20)27)15-19-6-7-19)30-36-24-13-22-23(35-29(24)37(30)2)8-10-38(31(22)40)16-21(33)14-32/h3-5,12-13,17,19,21H,6-11,14-16,33H2,1-2H3/t21-/m1/s1. The number of aromatic nitrogens is 5. The van der Waals surface area contributed by atoms with Crippen molar-refractivity contribution in [2.45, 2.75) is 45.2 Å². The summed E-state index contributed by atoms with van der Waals surface area (Å²) < 4.78 is 29.2. The number of alkyl halides is 1. The van der Waals surface area contributed by atoms with Crippen LogP contribution in [0, 0.1) is 12.8 Å². The van der Waals surface area contributed by atoms with Crippen LogP contribution in [0.1, 0.15) is 40.3 Å². The number of para-hydroxylation sites is 1. The minimum atomic E-state index is -0.692. The number of hydrogen-bond donors (Lipinski definition) is 1. The van der Waals surface area contributed by atoms with Crippen molar-refractivity contribution in [3.05, 3.63) is 59.4 Å². The largest absolute Gasteiger partial charge is 0.491 e. The molecule has 0 radical (unpaired) electrons. The van der Waals surface area contributed by atoms with Crippen LogP contribution in [-0.2, 0) is 26.4 Å². The van der Waals surface area contributed by atoms with E-state index in [1.165, 1.54) is 19.2 Å². The Bertz CT molecular complexity index is 1800. The molecule has 4 aromatic heterocycles. The number of benzene rings is 1. The lowest BCUT2D eigenvalue weighted by atomic mass is 10.0. The maximum atomic E-state index is 13.2. The van der Waals surface area contributed by atoms with Crippen LogP contribution in [0.2, 0.25) is 0 Å². The van der Waals surface area contributed by atoms with Crippen LogP contribution in [0.3, 0.4) is 0 Å². The molecule has 1 aromatic carbocycles. The Balaban J connectivity index is 1.26. The molecule has 5 aromatic rings. The number of carbonyl (C=O) groups is 1. The molecule has 1 aliphatic heterocycles. The molecule has 1 saturated carbocycles. The number of carbonyl (C=O) groups excluding carboxylic acids is 1. The lowest BCUT2D eigenvalue weighted by molar-refractivity contribution is 0.0723. The first-order valence-corrected chi connectivity index (χ1v) is 14.5. The van der Waals surface area contributed by atoms with Crippen LogP contribution in [0.15, 0.2) is 41.1 Å². The molecule has 42 heavy (non-hydrogen) atoms. The van der Waals surface area contributed by atoms with E-state index in [0.29, 0.717) is 43.0 Å². The van der Waals surface area contributed by atoms with Gasteiger partial charge < -0.3 is 28.9 Å². The highest BCUT2D eigenvalue weighted by Gasteiger charge is 2.30. The second-order valence-electron chi connectivity index (χ2n) is 11.5. The first-order chi connectivity index (χ1) is 20.4. The summed E-state index contributed by atoms with van der Waals surface area (Å²) >= 11 is 0. The number of fused-ring (bicyclic) bond motifs is 3. The number of halogens is 1. The Morgan fingerprint density at radius 1 is 1.24 bits per heavy atom. The van der Waals surface area contributed by atoms with Gasteiger partial charge in [-0.3, -0.25) is 4.79 Å². The molecule has 1 atom stereocenters. The van der Waals surface area contributed by atoms with Gasteiger partial charge in [-0.2, -0.15) is 0 Å². The molecule has 1 fully saturated rings. The highest BCUT2D eigenvalue weighted by Crippen LogP contribution is 2.39. The van der Waals surface area contributed by atoms with Crippen molar-refractivity contribution in [3.63, 3.8) is 0 Å². The van der Waals surface area contributed by atoms with Crippen molar-refractivity contribution in [1.82, 2.24) is 29.0 Å². The van der Waals surface area contributed by atoms with Gasteiger partial charge in [0.15, 0.2) is 17.9 Å². The number of hydrogen-bond acceptors (Lipinski definition) is 7. The third kappa shape index (κ3) is 4.71. The average Bonchev–Trinajstić information content (AvgIpc) is 3.48. The van der Waals surface area contributed by atoms with E-state index < -0.39 is 12.7 Å². The van der Waals surface area contributed by atoms with E-state index in [1.807, 2.05) is 36.7 Å². The maximum Gasteiger partial charge on any atom is 0.255 e. The molecular formula is C31H34FN7O3. The van der Waals surface area contributed by atoms with Crippen LogP contribution in [-0.4, -0.2) is 67.3 Å². The normalized spacial score (nSPS) is 16.0. The summed E-state index contributed by atoms with van der Waals surface area (Å²) in [5, 5.41) is 1.08. The molecule has 2 aliphatic rings. The number of aryl methyl sites for hydroxylation is 2. The zero-order chi connectivity index (χ0) is 29.0. The van der Waals surface area contributed by atoms with Crippen molar-refractivity contribution in [2.75, 3.05) is 26.4 Å². The number of nitrogens with zero attached hydrogens (tertiary/aromatic N) is 6. The zero-order valence-corrected chi connectivity index (χ0v) is 23.8. The van der Waals surface area contributed by atoms with E-state index >= 15 is 0 Å². The van der Waals surface area contributed by atoms with Gasteiger partial charge >= 0.3 is 0 Å². The summed E-state index contributed by atoms with van der Waals surface area (Å²) in [5.74, 6) is 2.87. The van der Waals surface area contributed by atoms with Gasteiger partial charge in [-0.15, -0.1) is 0 Å². The van der Waals surface area contributed by atoms with Crippen molar-refractivity contribution in [1.29, 1.82) is 0 Å². The minimum absolute atomic E-state index is 0.174. The number of nitrogens with two attached hydrogens (primary N) is 1. The van der Waals surface area contributed by atoms with Gasteiger partial charge in [0.1, 0.15) is 23.7 Å². The summed E-state index contributed by atoms with van der Waals surface area (Å²) in [6, 6.07) is 9.42. The maximum absolute atomic E-state index is 13.2. The minimum Gasteiger partial charge on any atom is -0.491 e.